The predicted molar refractivity (Wildman–Crippen MR) is 133 cm³/mol. The van der Waals surface area contributed by atoms with E-state index >= 15 is 0 Å². The van der Waals surface area contributed by atoms with Gasteiger partial charge in [-0.3, -0.25) is 9.69 Å². The number of carbonyl (C=O) groups is 1. The van der Waals surface area contributed by atoms with Gasteiger partial charge in [0, 0.05) is 63.9 Å². The number of hydrogen-bond acceptors (Lipinski definition) is 6. The number of fused-ring (bicyclic) bond motifs is 1. The van der Waals surface area contributed by atoms with Crippen molar-refractivity contribution >= 4 is 11.7 Å². The maximum Gasteiger partial charge on any atom is 0.220 e. The molecule has 7 heteroatoms. The lowest BCUT2D eigenvalue weighted by atomic mass is 9.84. The van der Waals surface area contributed by atoms with Gasteiger partial charge < -0.3 is 19.7 Å². The number of methoxy groups -OCH3 is 1. The summed E-state index contributed by atoms with van der Waals surface area (Å²) in [7, 11) is 1.79. The van der Waals surface area contributed by atoms with Gasteiger partial charge >= 0.3 is 0 Å². The zero-order valence-corrected chi connectivity index (χ0v) is 20.8. The molecule has 2 saturated carbocycles. The molecule has 1 aromatic heterocycles. The van der Waals surface area contributed by atoms with Crippen LogP contribution in [0.3, 0.4) is 0 Å². The first kappa shape index (κ1) is 23.9. The van der Waals surface area contributed by atoms with Crippen LogP contribution in [0.4, 0.5) is 5.82 Å². The molecule has 3 heterocycles. The molecule has 7 nitrogen and oxygen atoms in total. The molecule has 1 amide bonds. The molecular formula is C27H42N4O3. The van der Waals surface area contributed by atoms with Crippen molar-refractivity contribution in [2.75, 3.05) is 51.3 Å². The number of aromatic nitrogens is 1. The Kier molecular flexibility index (Phi) is 7.90. The van der Waals surface area contributed by atoms with Gasteiger partial charge in [0.2, 0.25) is 5.91 Å². The van der Waals surface area contributed by atoms with Crippen molar-refractivity contribution in [3.63, 3.8) is 0 Å². The number of hydrogen-bond donors (Lipinski definition) is 1. The summed E-state index contributed by atoms with van der Waals surface area (Å²) in [5.41, 5.74) is 1.30. The van der Waals surface area contributed by atoms with Gasteiger partial charge in [0.1, 0.15) is 0 Å². The zero-order valence-electron chi connectivity index (χ0n) is 20.8. The van der Waals surface area contributed by atoms with Crippen LogP contribution in [0.1, 0.15) is 63.4 Å². The van der Waals surface area contributed by atoms with Gasteiger partial charge in [0.25, 0.3) is 0 Å². The standard InChI is InChI=1S/C27H42N4O3/c1-33-24-7-4-21(18-24)19-25(32)29-23-5-2-20(3-6-23)9-12-30-13-15-31(16-14-30)27-26-22(8-11-28-27)10-17-34-26/h8,11,20-21,23-24H,2-7,9-10,12-19H2,1H3,(H,29,32)/t20?,21-,23?,24-/m0/s1. The van der Waals surface area contributed by atoms with Gasteiger partial charge in [-0.15, -0.1) is 0 Å². The molecule has 5 rings (SSSR count). The second-order valence-electron chi connectivity index (χ2n) is 10.9. The molecule has 3 fully saturated rings. The predicted octanol–water partition coefficient (Wildman–Crippen LogP) is 3.41. The number of nitrogens with zero attached hydrogens (tertiary/aromatic N) is 3. The summed E-state index contributed by atoms with van der Waals surface area (Å²) in [4.78, 5) is 22.1. The second kappa shape index (κ2) is 11.3. The number of ether oxygens (including phenoxy) is 2. The third kappa shape index (κ3) is 5.85. The van der Waals surface area contributed by atoms with Crippen molar-refractivity contribution in [2.24, 2.45) is 11.8 Å². The number of rotatable bonds is 8. The normalized spacial score (nSPS) is 29.6. The van der Waals surface area contributed by atoms with Gasteiger partial charge in [-0.25, -0.2) is 4.98 Å². The number of carbonyl (C=O) groups excluding carboxylic acids is 1. The second-order valence-corrected chi connectivity index (χ2v) is 10.9. The molecule has 0 spiro atoms. The fourth-order valence-electron chi connectivity index (χ4n) is 6.44. The first-order valence-electron chi connectivity index (χ1n) is 13.6. The lowest BCUT2D eigenvalue weighted by Crippen LogP contribution is -2.47. The number of anilines is 1. The van der Waals surface area contributed by atoms with Crippen LogP contribution in [-0.4, -0.2) is 74.4 Å². The minimum absolute atomic E-state index is 0.257. The summed E-state index contributed by atoms with van der Waals surface area (Å²) in [6.45, 7) is 6.23. The molecule has 2 aliphatic heterocycles. The molecule has 1 saturated heterocycles. The first-order valence-corrected chi connectivity index (χ1v) is 13.6. The number of amides is 1. The van der Waals surface area contributed by atoms with E-state index in [1.807, 2.05) is 6.20 Å². The Morgan fingerprint density at radius 3 is 2.68 bits per heavy atom. The smallest absolute Gasteiger partial charge is 0.220 e. The van der Waals surface area contributed by atoms with Crippen molar-refractivity contribution in [3.05, 3.63) is 17.8 Å². The summed E-state index contributed by atoms with van der Waals surface area (Å²) >= 11 is 0. The van der Waals surface area contributed by atoms with Crippen molar-refractivity contribution in [1.29, 1.82) is 0 Å². The monoisotopic (exact) mass is 470 g/mol. The summed E-state index contributed by atoms with van der Waals surface area (Å²) < 4.78 is 11.3. The molecule has 0 unspecified atom stereocenters. The number of piperazine rings is 1. The average Bonchev–Trinajstić information content (AvgIpc) is 3.53. The van der Waals surface area contributed by atoms with Crippen LogP contribution in [0.25, 0.3) is 0 Å². The highest BCUT2D eigenvalue weighted by Gasteiger charge is 2.29. The van der Waals surface area contributed by atoms with Crippen LogP contribution in [-0.2, 0) is 16.0 Å². The summed E-state index contributed by atoms with van der Waals surface area (Å²) in [5.74, 6) is 3.62. The zero-order chi connectivity index (χ0) is 23.3. The van der Waals surface area contributed by atoms with Crippen LogP contribution < -0.4 is 15.0 Å². The molecule has 2 aliphatic carbocycles. The third-order valence-corrected chi connectivity index (χ3v) is 8.62. The maximum absolute atomic E-state index is 12.5. The summed E-state index contributed by atoms with van der Waals surface area (Å²) in [5, 5.41) is 3.33. The summed E-state index contributed by atoms with van der Waals surface area (Å²) in [6, 6.07) is 2.48. The largest absolute Gasteiger partial charge is 0.489 e. The van der Waals surface area contributed by atoms with E-state index in [1.54, 1.807) is 7.11 Å². The Morgan fingerprint density at radius 1 is 1.12 bits per heavy atom. The van der Waals surface area contributed by atoms with E-state index in [2.05, 4.69) is 26.2 Å². The van der Waals surface area contributed by atoms with Crippen molar-refractivity contribution in [1.82, 2.24) is 15.2 Å². The Hall–Kier alpha value is -1.86. The van der Waals surface area contributed by atoms with Crippen molar-refractivity contribution < 1.29 is 14.3 Å². The van der Waals surface area contributed by atoms with Crippen LogP contribution in [0.15, 0.2) is 12.3 Å². The molecule has 34 heavy (non-hydrogen) atoms. The number of nitrogens with one attached hydrogen (secondary N) is 1. The highest BCUT2D eigenvalue weighted by atomic mass is 16.5. The van der Waals surface area contributed by atoms with Gasteiger partial charge in [0.15, 0.2) is 11.6 Å². The van der Waals surface area contributed by atoms with Crippen molar-refractivity contribution in [2.45, 2.75) is 76.4 Å². The molecule has 4 aliphatic rings. The average molecular weight is 471 g/mol. The Labute approximate surface area is 204 Å². The van der Waals surface area contributed by atoms with Crippen LogP contribution in [0.2, 0.25) is 0 Å². The minimum atomic E-state index is 0.257. The van der Waals surface area contributed by atoms with Crippen LogP contribution in [0, 0.1) is 11.8 Å². The van der Waals surface area contributed by atoms with Crippen LogP contribution in [0.5, 0.6) is 5.75 Å². The molecule has 2 atom stereocenters. The van der Waals surface area contributed by atoms with Gasteiger partial charge in [-0.1, -0.05) is 0 Å². The Morgan fingerprint density at radius 2 is 1.91 bits per heavy atom. The molecule has 0 bridgehead atoms. The minimum Gasteiger partial charge on any atom is -0.489 e. The van der Waals surface area contributed by atoms with Crippen LogP contribution >= 0.6 is 0 Å². The molecule has 1 aromatic rings. The fraction of sp³-hybridized carbons (Fsp3) is 0.778. The first-order chi connectivity index (χ1) is 16.7. The Bertz CT molecular complexity index is 818. The maximum atomic E-state index is 12.5. The van der Waals surface area contributed by atoms with E-state index in [1.165, 1.54) is 31.4 Å². The molecule has 0 radical (unpaired) electrons. The van der Waals surface area contributed by atoms with E-state index in [0.717, 1.165) is 88.8 Å². The Balaban J connectivity index is 0.973. The third-order valence-electron chi connectivity index (χ3n) is 8.62. The SMILES string of the molecule is CO[C@H]1CC[C@H](CC(=O)NC2CCC(CCN3CCN(c4nccc5c4OCC5)CC3)CC2)C1. The lowest BCUT2D eigenvalue weighted by molar-refractivity contribution is -0.123. The summed E-state index contributed by atoms with van der Waals surface area (Å²) in [6.07, 6.45) is 13.3. The highest BCUT2D eigenvalue weighted by Crippen LogP contribution is 2.35. The van der Waals surface area contributed by atoms with E-state index in [9.17, 15) is 4.79 Å². The molecule has 1 N–H and O–H groups in total. The molecule has 0 aromatic carbocycles. The van der Waals surface area contributed by atoms with Gasteiger partial charge in [-0.2, -0.15) is 0 Å². The topological polar surface area (TPSA) is 66.9 Å². The fourth-order valence-corrected chi connectivity index (χ4v) is 6.44. The van der Waals surface area contributed by atoms with E-state index in [4.69, 9.17) is 9.47 Å². The van der Waals surface area contributed by atoms with Gasteiger partial charge in [0.05, 0.1) is 12.7 Å². The molecule has 188 valence electrons. The molecular weight excluding hydrogens is 428 g/mol. The number of pyridine rings is 1. The van der Waals surface area contributed by atoms with E-state index in [0.29, 0.717) is 24.5 Å². The van der Waals surface area contributed by atoms with E-state index in [-0.39, 0.29) is 5.91 Å². The van der Waals surface area contributed by atoms with Crippen molar-refractivity contribution in [3.8, 4) is 5.75 Å². The quantitative estimate of drug-likeness (QED) is 0.628. The lowest BCUT2D eigenvalue weighted by Gasteiger charge is -2.37. The highest BCUT2D eigenvalue weighted by molar-refractivity contribution is 5.76. The van der Waals surface area contributed by atoms with Gasteiger partial charge in [-0.05, 0) is 75.8 Å². The van der Waals surface area contributed by atoms with E-state index < -0.39 is 0 Å².